The van der Waals surface area contributed by atoms with Crippen LogP contribution >= 0.6 is 0 Å². The van der Waals surface area contributed by atoms with Crippen LogP contribution in [0.4, 0.5) is 0 Å². The summed E-state index contributed by atoms with van der Waals surface area (Å²) in [6.45, 7) is 5.63. The van der Waals surface area contributed by atoms with Crippen molar-refractivity contribution < 1.29 is 4.79 Å². The van der Waals surface area contributed by atoms with Gasteiger partial charge < -0.3 is 0 Å². The fourth-order valence-corrected chi connectivity index (χ4v) is 1.97. The molecule has 3 N–H and O–H groups in total. The van der Waals surface area contributed by atoms with Gasteiger partial charge in [0.15, 0.2) is 0 Å². The first-order valence-corrected chi connectivity index (χ1v) is 6.01. The zero-order valence-corrected chi connectivity index (χ0v) is 10.5. The lowest BCUT2D eigenvalue weighted by atomic mass is 10.1. The van der Waals surface area contributed by atoms with Crippen molar-refractivity contribution in [1.82, 2.24) is 10.3 Å². The first-order chi connectivity index (χ1) is 8.22. The van der Waals surface area contributed by atoms with Crippen molar-refractivity contribution in [3.05, 3.63) is 35.9 Å². The Kier molecular flexibility index (Phi) is 5.66. The van der Waals surface area contributed by atoms with E-state index in [0.717, 1.165) is 19.5 Å². The molecule has 1 atom stereocenters. The highest BCUT2D eigenvalue weighted by molar-refractivity contribution is 5.81. The van der Waals surface area contributed by atoms with Gasteiger partial charge in [-0.2, -0.15) is 0 Å². The van der Waals surface area contributed by atoms with E-state index in [1.807, 2.05) is 25.1 Å². The molecule has 0 aliphatic carbocycles. The average Bonchev–Trinajstić information content (AvgIpc) is 2.39. The Morgan fingerprint density at radius 1 is 1.35 bits per heavy atom. The predicted molar refractivity (Wildman–Crippen MR) is 68.9 cm³/mol. The van der Waals surface area contributed by atoms with Crippen LogP contribution in [0.1, 0.15) is 25.8 Å². The van der Waals surface area contributed by atoms with Crippen LogP contribution in [-0.2, 0) is 11.3 Å². The molecule has 0 radical (unpaired) electrons. The molecule has 1 amide bonds. The van der Waals surface area contributed by atoms with E-state index in [4.69, 9.17) is 5.84 Å². The van der Waals surface area contributed by atoms with Crippen LogP contribution in [0.5, 0.6) is 0 Å². The van der Waals surface area contributed by atoms with E-state index in [2.05, 4.69) is 29.4 Å². The summed E-state index contributed by atoms with van der Waals surface area (Å²) in [4.78, 5) is 13.8. The third kappa shape index (κ3) is 3.84. The smallest absolute Gasteiger partial charge is 0.251 e. The molecule has 0 saturated carbocycles. The Labute approximate surface area is 103 Å². The lowest BCUT2D eigenvalue weighted by molar-refractivity contribution is -0.126. The van der Waals surface area contributed by atoms with E-state index in [9.17, 15) is 4.79 Å². The minimum atomic E-state index is -0.162. The molecule has 1 aromatic rings. The van der Waals surface area contributed by atoms with E-state index in [1.54, 1.807) is 0 Å². The number of benzene rings is 1. The summed E-state index contributed by atoms with van der Waals surface area (Å²) in [5.74, 6) is 5.09. The van der Waals surface area contributed by atoms with Gasteiger partial charge >= 0.3 is 0 Å². The molecule has 0 aromatic heterocycles. The number of hydrazine groups is 1. The van der Waals surface area contributed by atoms with Gasteiger partial charge in [0.25, 0.3) is 5.91 Å². The maximum atomic E-state index is 11.7. The van der Waals surface area contributed by atoms with Gasteiger partial charge in [-0.05, 0) is 18.5 Å². The van der Waals surface area contributed by atoms with Crippen LogP contribution in [0.3, 0.4) is 0 Å². The van der Waals surface area contributed by atoms with Gasteiger partial charge in [0, 0.05) is 6.54 Å². The second-order valence-corrected chi connectivity index (χ2v) is 3.98. The Morgan fingerprint density at radius 3 is 2.47 bits per heavy atom. The van der Waals surface area contributed by atoms with Crippen molar-refractivity contribution in [2.24, 2.45) is 5.84 Å². The van der Waals surface area contributed by atoms with E-state index in [-0.39, 0.29) is 11.9 Å². The molecule has 1 unspecified atom stereocenters. The lowest BCUT2D eigenvalue weighted by Gasteiger charge is -2.28. The summed E-state index contributed by atoms with van der Waals surface area (Å²) in [5.41, 5.74) is 3.44. The Morgan fingerprint density at radius 2 is 2.00 bits per heavy atom. The average molecular weight is 235 g/mol. The van der Waals surface area contributed by atoms with Crippen LogP contribution in [0.15, 0.2) is 30.3 Å². The third-order valence-electron chi connectivity index (χ3n) is 2.91. The first kappa shape index (κ1) is 13.7. The number of carbonyl (C=O) groups is 1. The van der Waals surface area contributed by atoms with Crippen LogP contribution in [0.2, 0.25) is 0 Å². The number of carbonyl (C=O) groups excluding carboxylic acids is 1. The number of hydrogen-bond donors (Lipinski definition) is 2. The Hall–Kier alpha value is -1.39. The number of rotatable bonds is 6. The quantitative estimate of drug-likeness (QED) is 0.443. The lowest BCUT2D eigenvalue weighted by Crippen LogP contribution is -2.48. The molecule has 4 heteroatoms. The molecule has 0 aliphatic rings. The number of amides is 1. The molecule has 1 rings (SSSR count). The molecule has 0 spiro atoms. The molecular formula is C13H21N3O. The van der Waals surface area contributed by atoms with Crippen LogP contribution in [0.25, 0.3) is 0 Å². The van der Waals surface area contributed by atoms with Crippen molar-refractivity contribution in [3.8, 4) is 0 Å². The zero-order valence-electron chi connectivity index (χ0n) is 10.5. The van der Waals surface area contributed by atoms with Crippen molar-refractivity contribution in [3.63, 3.8) is 0 Å². The fraction of sp³-hybridized carbons (Fsp3) is 0.462. The topological polar surface area (TPSA) is 58.4 Å². The molecule has 0 aliphatic heterocycles. The molecule has 0 bridgehead atoms. The highest BCUT2D eigenvalue weighted by atomic mass is 16.2. The summed E-state index contributed by atoms with van der Waals surface area (Å²) in [6, 6.07) is 9.97. The van der Waals surface area contributed by atoms with E-state index in [0.29, 0.717) is 0 Å². The molecular weight excluding hydrogens is 214 g/mol. The van der Waals surface area contributed by atoms with Crippen LogP contribution < -0.4 is 11.3 Å². The van der Waals surface area contributed by atoms with E-state index in [1.165, 1.54) is 5.56 Å². The normalized spacial score (nSPS) is 12.5. The molecule has 0 fully saturated rings. The number of nitrogens with zero attached hydrogens (tertiary/aromatic N) is 1. The summed E-state index contributed by atoms with van der Waals surface area (Å²) < 4.78 is 0. The Bertz CT molecular complexity index is 340. The zero-order chi connectivity index (χ0) is 12.7. The number of nitrogens with two attached hydrogens (primary N) is 1. The van der Waals surface area contributed by atoms with Crippen molar-refractivity contribution in [2.45, 2.75) is 32.9 Å². The van der Waals surface area contributed by atoms with Crippen LogP contribution in [-0.4, -0.2) is 23.4 Å². The molecule has 1 aromatic carbocycles. The second-order valence-electron chi connectivity index (χ2n) is 3.98. The monoisotopic (exact) mass is 235 g/mol. The highest BCUT2D eigenvalue weighted by Crippen LogP contribution is 2.10. The van der Waals surface area contributed by atoms with Gasteiger partial charge in [-0.1, -0.05) is 44.2 Å². The van der Waals surface area contributed by atoms with Crippen molar-refractivity contribution in [2.75, 3.05) is 6.54 Å². The SMILES string of the molecule is CCC(C(=O)NN)N(CC)Cc1ccccc1. The maximum absolute atomic E-state index is 11.7. The molecule has 94 valence electrons. The molecule has 0 heterocycles. The summed E-state index contributed by atoms with van der Waals surface area (Å²) in [7, 11) is 0. The third-order valence-corrected chi connectivity index (χ3v) is 2.91. The van der Waals surface area contributed by atoms with Crippen molar-refractivity contribution in [1.29, 1.82) is 0 Å². The molecule has 4 nitrogen and oxygen atoms in total. The number of nitrogens with one attached hydrogen (secondary N) is 1. The maximum Gasteiger partial charge on any atom is 0.251 e. The minimum absolute atomic E-state index is 0.120. The largest absolute Gasteiger partial charge is 0.293 e. The van der Waals surface area contributed by atoms with Gasteiger partial charge in [-0.15, -0.1) is 0 Å². The second kappa shape index (κ2) is 7.04. The molecule has 17 heavy (non-hydrogen) atoms. The highest BCUT2D eigenvalue weighted by Gasteiger charge is 2.22. The first-order valence-electron chi connectivity index (χ1n) is 6.01. The standard InChI is InChI=1S/C13H21N3O/c1-3-12(13(17)15-14)16(4-2)10-11-8-6-5-7-9-11/h5-9,12H,3-4,10,14H2,1-2H3,(H,15,17). The van der Waals surface area contributed by atoms with E-state index < -0.39 is 0 Å². The minimum Gasteiger partial charge on any atom is -0.293 e. The van der Waals surface area contributed by atoms with Gasteiger partial charge in [0.1, 0.15) is 0 Å². The summed E-state index contributed by atoms with van der Waals surface area (Å²) >= 11 is 0. The number of hydrogen-bond acceptors (Lipinski definition) is 3. The van der Waals surface area contributed by atoms with Gasteiger partial charge in [0.05, 0.1) is 6.04 Å². The van der Waals surface area contributed by atoms with Crippen LogP contribution in [0, 0.1) is 0 Å². The summed E-state index contributed by atoms with van der Waals surface area (Å²) in [5, 5.41) is 0. The fourth-order valence-electron chi connectivity index (χ4n) is 1.97. The summed E-state index contributed by atoms with van der Waals surface area (Å²) in [6.07, 6.45) is 0.754. The number of likely N-dealkylation sites (N-methyl/N-ethyl adjacent to an activating group) is 1. The Balaban J connectivity index is 2.73. The van der Waals surface area contributed by atoms with Crippen molar-refractivity contribution >= 4 is 5.91 Å². The van der Waals surface area contributed by atoms with Gasteiger partial charge in [-0.3, -0.25) is 15.1 Å². The molecule has 0 saturated heterocycles. The predicted octanol–water partition coefficient (Wildman–Crippen LogP) is 1.28. The van der Waals surface area contributed by atoms with Gasteiger partial charge in [0.2, 0.25) is 0 Å². The van der Waals surface area contributed by atoms with E-state index >= 15 is 0 Å². The van der Waals surface area contributed by atoms with Gasteiger partial charge in [-0.25, -0.2) is 5.84 Å².